The largest absolute Gasteiger partial charge is 0.401 e. The van der Waals surface area contributed by atoms with Gasteiger partial charge in [-0.1, -0.05) is 0 Å². The van der Waals surface area contributed by atoms with Gasteiger partial charge >= 0.3 is 6.18 Å². The van der Waals surface area contributed by atoms with E-state index in [1.807, 2.05) is 6.92 Å². The number of halogens is 3. The van der Waals surface area contributed by atoms with E-state index in [9.17, 15) is 18.3 Å². The number of nitrogens with one attached hydrogen (secondary N) is 2. The summed E-state index contributed by atoms with van der Waals surface area (Å²) >= 11 is 0. The second-order valence-corrected chi connectivity index (χ2v) is 7.21. The van der Waals surface area contributed by atoms with Crippen molar-refractivity contribution in [3.63, 3.8) is 0 Å². The second-order valence-electron chi connectivity index (χ2n) is 7.21. The van der Waals surface area contributed by atoms with Crippen molar-refractivity contribution in [2.24, 2.45) is 4.99 Å². The molecule has 1 atom stereocenters. The molecule has 0 aromatic heterocycles. The van der Waals surface area contributed by atoms with Gasteiger partial charge in [-0.05, 0) is 33.9 Å². The third-order valence-corrected chi connectivity index (χ3v) is 4.05. The highest BCUT2D eigenvalue weighted by Crippen LogP contribution is 2.15. The topological polar surface area (TPSA) is 72.4 Å². The molecule has 0 aromatic rings. The van der Waals surface area contributed by atoms with E-state index < -0.39 is 18.3 Å². The zero-order chi connectivity index (χ0) is 20.3. The van der Waals surface area contributed by atoms with Gasteiger partial charge in [-0.15, -0.1) is 0 Å². The van der Waals surface area contributed by atoms with Gasteiger partial charge in [-0.2, -0.15) is 13.2 Å². The van der Waals surface area contributed by atoms with E-state index in [1.54, 1.807) is 6.92 Å². The summed E-state index contributed by atoms with van der Waals surface area (Å²) in [6, 6.07) is 0. The second kappa shape index (κ2) is 11.7. The lowest BCUT2D eigenvalue weighted by molar-refractivity contribution is -0.143. The normalized spacial score (nSPS) is 19.2. The number of hydrogen-bond acceptors (Lipinski definition) is 5. The quantitative estimate of drug-likeness (QED) is 0.283. The smallest absolute Gasteiger partial charge is 0.387 e. The Morgan fingerprint density at radius 2 is 1.93 bits per heavy atom. The molecule has 1 fully saturated rings. The fourth-order valence-electron chi connectivity index (χ4n) is 2.82. The molecule has 160 valence electrons. The van der Waals surface area contributed by atoms with Crippen LogP contribution in [0.1, 0.15) is 20.3 Å². The number of nitrogens with zero attached hydrogens (tertiary/aromatic N) is 3. The van der Waals surface area contributed by atoms with Gasteiger partial charge in [0.25, 0.3) is 0 Å². The monoisotopic (exact) mass is 397 g/mol. The van der Waals surface area contributed by atoms with Crippen molar-refractivity contribution in [1.82, 2.24) is 20.4 Å². The molecular formula is C17H34F3N5O2. The van der Waals surface area contributed by atoms with E-state index in [1.165, 1.54) is 11.9 Å². The third kappa shape index (κ3) is 12.1. The van der Waals surface area contributed by atoms with Gasteiger partial charge in [-0.3, -0.25) is 14.8 Å². The van der Waals surface area contributed by atoms with Gasteiger partial charge in [0, 0.05) is 32.7 Å². The van der Waals surface area contributed by atoms with E-state index >= 15 is 0 Å². The summed E-state index contributed by atoms with van der Waals surface area (Å²) < 4.78 is 42.2. The Morgan fingerprint density at radius 3 is 2.52 bits per heavy atom. The minimum absolute atomic E-state index is 0.230. The maximum Gasteiger partial charge on any atom is 0.401 e. The molecule has 0 aromatic carbocycles. The molecule has 7 nitrogen and oxygen atoms in total. The summed E-state index contributed by atoms with van der Waals surface area (Å²) in [5.74, 6) is 0.554. The van der Waals surface area contributed by atoms with Crippen LogP contribution in [-0.2, 0) is 4.74 Å². The first-order valence-electron chi connectivity index (χ1n) is 9.41. The maximum absolute atomic E-state index is 12.3. The predicted molar refractivity (Wildman–Crippen MR) is 100 cm³/mol. The lowest BCUT2D eigenvalue weighted by Crippen LogP contribution is -2.48. The van der Waals surface area contributed by atoms with Gasteiger partial charge in [0.15, 0.2) is 5.96 Å². The van der Waals surface area contributed by atoms with Gasteiger partial charge in [-0.25, -0.2) is 0 Å². The number of guanidine groups is 1. The Morgan fingerprint density at radius 1 is 1.26 bits per heavy atom. The van der Waals surface area contributed by atoms with E-state index in [4.69, 9.17) is 4.74 Å². The van der Waals surface area contributed by atoms with Crippen LogP contribution in [0.4, 0.5) is 13.2 Å². The summed E-state index contributed by atoms with van der Waals surface area (Å²) in [6.45, 7) is 7.94. The summed E-state index contributed by atoms with van der Waals surface area (Å²) in [4.78, 5) is 7.82. The Labute approximate surface area is 159 Å². The number of hydrogen-bond donors (Lipinski definition) is 3. The molecule has 0 spiro atoms. The first-order valence-corrected chi connectivity index (χ1v) is 9.41. The molecule has 0 radical (unpaired) electrons. The van der Waals surface area contributed by atoms with Crippen molar-refractivity contribution >= 4 is 5.96 Å². The van der Waals surface area contributed by atoms with E-state index in [2.05, 4.69) is 20.5 Å². The van der Waals surface area contributed by atoms with Crippen molar-refractivity contribution in [3.8, 4) is 0 Å². The highest BCUT2D eigenvalue weighted by atomic mass is 19.4. The van der Waals surface area contributed by atoms with Crippen LogP contribution in [0.2, 0.25) is 0 Å². The molecule has 1 rings (SSSR count). The average molecular weight is 397 g/mol. The summed E-state index contributed by atoms with van der Waals surface area (Å²) in [5, 5.41) is 16.8. The molecule has 0 bridgehead atoms. The Balaban J connectivity index is 2.37. The molecule has 10 heteroatoms. The zero-order valence-electron chi connectivity index (χ0n) is 16.6. The van der Waals surface area contributed by atoms with Crippen LogP contribution in [-0.4, -0.2) is 105 Å². The van der Waals surface area contributed by atoms with Crippen molar-refractivity contribution in [1.29, 1.82) is 0 Å². The highest BCUT2D eigenvalue weighted by Gasteiger charge is 2.29. The number of aliphatic hydroxyl groups is 1. The maximum atomic E-state index is 12.3. The average Bonchev–Trinajstić information content (AvgIpc) is 2.55. The van der Waals surface area contributed by atoms with Crippen LogP contribution >= 0.6 is 0 Å². The van der Waals surface area contributed by atoms with Crippen LogP contribution in [0.15, 0.2) is 4.99 Å². The number of alkyl halides is 3. The van der Waals surface area contributed by atoms with Gasteiger partial charge < -0.3 is 20.5 Å². The van der Waals surface area contributed by atoms with Crippen molar-refractivity contribution in [2.45, 2.75) is 32.0 Å². The van der Waals surface area contributed by atoms with Crippen LogP contribution in [0.25, 0.3) is 0 Å². The van der Waals surface area contributed by atoms with Crippen molar-refractivity contribution in [2.75, 3.05) is 72.6 Å². The lowest BCUT2D eigenvalue weighted by atomic mass is 10.1. The summed E-state index contributed by atoms with van der Waals surface area (Å²) in [7, 11) is 1.45. The number of aliphatic imine (C=N–C) groups is 1. The molecule has 1 aliphatic heterocycles. The number of ether oxygens (including phenoxy) is 1. The van der Waals surface area contributed by atoms with E-state index in [0.29, 0.717) is 51.8 Å². The molecule has 1 unspecified atom stereocenters. The van der Waals surface area contributed by atoms with Gasteiger partial charge in [0.1, 0.15) is 0 Å². The van der Waals surface area contributed by atoms with Crippen LogP contribution in [0.5, 0.6) is 0 Å². The number of rotatable bonds is 10. The van der Waals surface area contributed by atoms with Gasteiger partial charge in [0.2, 0.25) is 0 Å². The minimum atomic E-state index is -4.18. The van der Waals surface area contributed by atoms with Crippen LogP contribution in [0.3, 0.4) is 0 Å². The molecule has 1 saturated heterocycles. The zero-order valence-corrected chi connectivity index (χ0v) is 16.6. The lowest BCUT2D eigenvalue weighted by Gasteiger charge is -2.33. The third-order valence-electron chi connectivity index (χ3n) is 4.05. The Bertz CT molecular complexity index is 441. The molecule has 0 amide bonds. The van der Waals surface area contributed by atoms with Crippen LogP contribution < -0.4 is 10.6 Å². The molecule has 27 heavy (non-hydrogen) atoms. The predicted octanol–water partition coefficient (Wildman–Crippen LogP) is 0.509. The van der Waals surface area contributed by atoms with Crippen molar-refractivity contribution in [3.05, 3.63) is 0 Å². The fourth-order valence-corrected chi connectivity index (χ4v) is 2.82. The first kappa shape index (κ1) is 23.9. The summed E-state index contributed by atoms with van der Waals surface area (Å²) in [5.41, 5.74) is -0.966. The Hall–Kier alpha value is -1.10. The van der Waals surface area contributed by atoms with Crippen LogP contribution in [0, 0.1) is 0 Å². The molecule has 3 N–H and O–H groups in total. The number of morpholine rings is 1. The standard InChI is InChI=1S/C17H34F3N5O2/c1-4-21-15(22-6-5-7-24(3)14-17(18,19)20)23-12-16(2,26)13-25-8-10-27-11-9-25/h26H,4-14H2,1-3H3,(H2,21,22,23). The first-order chi connectivity index (χ1) is 12.6. The highest BCUT2D eigenvalue weighted by molar-refractivity contribution is 5.79. The molecule has 0 aliphatic carbocycles. The fraction of sp³-hybridized carbons (Fsp3) is 0.941. The van der Waals surface area contributed by atoms with E-state index in [-0.39, 0.29) is 6.54 Å². The molecular weight excluding hydrogens is 363 g/mol. The molecule has 0 saturated carbocycles. The minimum Gasteiger partial charge on any atom is -0.387 e. The van der Waals surface area contributed by atoms with E-state index in [0.717, 1.165) is 13.1 Å². The number of β-amino-alcohol motifs (C(OH)–C–C–N with tert-alkyl or cyclic N) is 1. The molecule has 1 aliphatic rings. The van der Waals surface area contributed by atoms with Crippen molar-refractivity contribution < 1.29 is 23.0 Å². The van der Waals surface area contributed by atoms with Gasteiger partial charge in [0.05, 0.1) is 31.9 Å². The summed E-state index contributed by atoms with van der Waals surface area (Å²) in [6.07, 6.45) is -3.62. The SMILES string of the molecule is CCNC(=NCC(C)(O)CN1CCOCC1)NCCCN(C)CC(F)(F)F. The molecule has 1 heterocycles. The Kier molecular flexibility index (Phi) is 10.4.